The number of nitrogens with zero attached hydrogens (tertiary/aromatic N) is 1. The average Bonchev–Trinajstić information content (AvgIpc) is 2.44. The number of alkyl halides is 1. The van der Waals surface area contributed by atoms with Gasteiger partial charge in [0, 0.05) is 12.1 Å². The van der Waals surface area contributed by atoms with E-state index in [4.69, 9.17) is 16.3 Å². The van der Waals surface area contributed by atoms with Crippen molar-refractivity contribution in [2.24, 2.45) is 0 Å². The summed E-state index contributed by atoms with van der Waals surface area (Å²) in [5.41, 5.74) is -0.0247. The van der Waals surface area contributed by atoms with Crippen LogP contribution < -0.4 is 0 Å². The van der Waals surface area contributed by atoms with Crippen LogP contribution >= 0.6 is 11.6 Å². The van der Waals surface area contributed by atoms with Gasteiger partial charge in [0.2, 0.25) is 0 Å². The Morgan fingerprint density at radius 1 is 1.45 bits per heavy atom. The highest BCUT2D eigenvalue weighted by molar-refractivity contribution is 6.35. The number of carbonyl (C=O) groups is 2. The lowest BCUT2D eigenvalue weighted by Crippen LogP contribution is -2.16. The lowest BCUT2D eigenvalue weighted by Gasteiger charge is -2.04. The van der Waals surface area contributed by atoms with Crippen molar-refractivity contribution < 1.29 is 19.2 Å². The molecule has 106 valence electrons. The van der Waals surface area contributed by atoms with E-state index in [9.17, 15) is 19.7 Å². The fraction of sp³-hybridized carbons (Fsp3) is 0.231. The Bertz CT molecular complexity index is 568. The van der Waals surface area contributed by atoms with E-state index in [0.29, 0.717) is 5.56 Å². The molecule has 1 rings (SSSR count). The second-order valence-corrected chi connectivity index (χ2v) is 3.95. The van der Waals surface area contributed by atoms with E-state index >= 15 is 0 Å². The zero-order valence-electron chi connectivity index (χ0n) is 10.7. The molecule has 0 radical (unpaired) electrons. The van der Waals surface area contributed by atoms with Crippen LogP contribution in [0.15, 0.2) is 29.8 Å². The Balaban J connectivity index is 3.19. The second-order valence-electron chi connectivity index (χ2n) is 3.69. The van der Waals surface area contributed by atoms with Crippen LogP contribution in [0.5, 0.6) is 0 Å². The summed E-state index contributed by atoms with van der Waals surface area (Å²) in [5.74, 6) is -1.78. The molecular formula is C13H12ClNO5. The molecule has 0 aliphatic rings. The van der Waals surface area contributed by atoms with E-state index in [0.717, 1.165) is 0 Å². The minimum atomic E-state index is -0.801. The Labute approximate surface area is 120 Å². The number of hydrogen-bond donors (Lipinski definition) is 0. The Hall–Kier alpha value is -2.21. The molecule has 0 amide bonds. The predicted molar refractivity (Wildman–Crippen MR) is 73.4 cm³/mol. The van der Waals surface area contributed by atoms with Crippen molar-refractivity contribution in [1.29, 1.82) is 0 Å². The molecule has 20 heavy (non-hydrogen) atoms. The number of ketones is 1. The lowest BCUT2D eigenvalue weighted by atomic mass is 10.1. The molecule has 0 N–H and O–H groups in total. The van der Waals surface area contributed by atoms with Gasteiger partial charge in [0.15, 0.2) is 5.78 Å². The van der Waals surface area contributed by atoms with Crippen molar-refractivity contribution in [3.63, 3.8) is 0 Å². The van der Waals surface area contributed by atoms with E-state index < -0.39 is 16.7 Å². The highest BCUT2D eigenvalue weighted by Gasteiger charge is 2.19. The van der Waals surface area contributed by atoms with Crippen molar-refractivity contribution >= 4 is 35.1 Å². The van der Waals surface area contributed by atoms with E-state index in [1.807, 2.05) is 0 Å². The molecule has 1 aromatic rings. The normalized spacial score (nSPS) is 11.0. The Morgan fingerprint density at radius 2 is 2.15 bits per heavy atom. The van der Waals surface area contributed by atoms with Gasteiger partial charge >= 0.3 is 5.97 Å². The number of ether oxygens (including phenoxy) is 1. The van der Waals surface area contributed by atoms with Crippen molar-refractivity contribution in [3.05, 3.63) is 45.5 Å². The van der Waals surface area contributed by atoms with Crippen LogP contribution in [0.4, 0.5) is 5.69 Å². The molecule has 1 aromatic carbocycles. The van der Waals surface area contributed by atoms with Gasteiger partial charge in [0.1, 0.15) is 5.57 Å². The van der Waals surface area contributed by atoms with Gasteiger partial charge in [0.05, 0.1) is 17.4 Å². The number of carbonyl (C=O) groups excluding carboxylic acids is 2. The summed E-state index contributed by atoms with van der Waals surface area (Å²) < 4.78 is 4.76. The Morgan fingerprint density at radius 3 is 2.70 bits per heavy atom. The molecule has 0 atom stereocenters. The summed E-state index contributed by atoms with van der Waals surface area (Å²) in [6.45, 7) is 1.72. The van der Waals surface area contributed by atoms with Crippen LogP contribution in [-0.2, 0) is 14.3 Å². The summed E-state index contributed by atoms with van der Waals surface area (Å²) in [7, 11) is 0. The van der Waals surface area contributed by atoms with Gasteiger partial charge in [-0.05, 0) is 18.6 Å². The molecule has 7 heteroatoms. The summed E-state index contributed by atoms with van der Waals surface area (Å²) in [4.78, 5) is 33.4. The first-order valence-electron chi connectivity index (χ1n) is 5.72. The molecule has 0 bridgehead atoms. The van der Waals surface area contributed by atoms with Crippen LogP contribution in [0, 0.1) is 10.1 Å². The molecule has 0 aliphatic carbocycles. The first-order chi connectivity index (χ1) is 9.49. The van der Waals surface area contributed by atoms with Gasteiger partial charge in [0.25, 0.3) is 5.69 Å². The maximum Gasteiger partial charge on any atom is 0.341 e. The van der Waals surface area contributed by atoms with Gasteiger partial charge in [-0.15, -0.1) is 11.6 Å². The number of nitro benzene ring substituents is 1. The molecule has 0 saturated heterocycles. The van der Waals surface area contributed by atoms with E-state index in [2.05, 4.69) is 0 Å². The standard InChI is InChI=1S/C13H12ClNO5/c1-2-20-13(17)11(12(16)8-14)7-9-4-3-5-10(6-9)15(18)19/h3-7H,2,8H2,1H3/b11-7+. The smallest absolute Gasteiger partial charge is 0.341 e. The quantitative estimate of drug-likeness (QED) is 0.153. The largest absolute Gasteiger partial charge is 0.462 e. The molecular weight excluding hydrogens is 286 g/mol. The monoisotopic (exact) mass is 297 g/mol. The molecule has 0 unspecified atom stereocenters. The number of halogens is 1. The number of benzene rings is 1. The fourth-order valence-corrected chi connectivity index (χ4v) is 1.57. The van der Waals surface area contributed by atoms with Gasteiger partial charge in [-0.2, -0.15) is 0 Å². The summed E-state index contributed by atoms with van der Waals surface area (Å²) in [6, 6.07) is 5.55. The number of Topliss-reactive ketones (excluding diaryl/α,β-unsaturated/α-hetero) is 1. The molecule has 0 heterocycles. The first-order valence-corrected chi connectivity index (χ1v) is 6.25. The number of esters is 1. The predicted octanol–water partition coefficient (Wildman–Crippen LogP) is 2.35. The third-order valence-corrected chi connectivity index (χ3v) is 2.55. The second kappa shape index (κ2) is 7.40. The zero-order chi connectivity index (χ0) is 15.1. The van der Waals surface area contributed by atoms with Crippen molar-refractivity contribution in [2.75, 3.05) is 12.5 Å². The van der Waals surface area contributed by atoms with Crippen LogP contribution in [0.1, 0.15) is 12.5 Å². The lowest BCUT2D eigenvalue weighted by molar-refractivity contribution is -0.384. The maximum absolute atomic E-state index is 11.7. The zero-order valence-corrected chi connectivity index (χ0v) is 11.4. The minimum absolute atomic E-state index is 0.112. The average molecular weight is 298 g/mol. The molecule has 0 spiro atoms. The van der Waals surface area contributed by atoms with E-state index in [-0.39, 0.29) is 23.7 Å². The molecule has 0 fully saturated rings. The van der Waals surface area contributed by atoms with Crippen molar-refractivity contribution in [3.8, 4) is 0 Å². The van der Waals surface area contributed by atoms with Gasteiger partial charge in [-0.3, -0.25) is 14.9 Å². The highest BCUT2D eigenvalue weighted by Crippen LogP contribution is 2.17. The van der Waals surface area contributed by atoms with Crippen molar-refractivity contribution in [1.82, 2.24) is 0 Å². The van der Waals surface area contributed by atoms with Crippen LogP contribution in [0.3, 0.4) is 0 Å². The molecule has 0 saturated carbocycles. The van der Waals surface area contributed by atoms with Gasteiger partial charge in [-0.25, -0.2) is 4.79 Å². The molecule has 6 nitrogen and oxygen atoms in total. The third-order valence-electron chi connectivity index (χ3n) is 2.31. The van der Waals surface area contributed by atoms with Crippen LogP contribution in [-0.4, -0.2) is 29.2 Å². The highest BCUT2D eigenvalue weighted by atomic mass is 35.5. The fourth-order valence-electron chi connectivity index (χ4n) is 1.43. The first kappa shape index (κ1) is 15.8. The number of non-ortho nitro benzene ring substituents is 1. The SMILES string of the molecule is CCOC(=O)/C(=C/c1cccc([N+](=O)[O-])c1)C(=O)CCl. The Kier molecular flexibility index (Phi) is 5.86. The van der Waals surface area contributed by atoms with E-state index in [1.54, 1.807) is 6.92 Å². The van der Waals surface area contributed by atoms with Gasteiger partial charge < -0.3 is 4.74 Å². The van der Waals surface area contributed by atoms with E-state index in [1.165, 1.54) is 30.3 Å². The van der Waals surface area contributed by atoms with Crippen LogP contribution in [0.25, 0.3) is 6.08 Å². The van der Waals surface area contributed by atoms with Crippen LogP contribution in [0.2, 0.25) is 0 Å². The third kappa shape index (κ3) is 4.17. The maximum atomic E-state index is 11.7. The summed E-state index contributed by atoms with van der Waals surface area (Å²) in [6.07, 6.45) is 1.23. The summed E-state index contributed by atoms with van der Waals surface area (Å²) in [5, 5.41) is 10.7. The number of rotatable bonds is 6. The number of hydrogen-bond acceptors (Lipinski definition) is 5. The number of nitro groups is 1. The topological polar surface area (TPSA) is 86.5 Å². The summed E-state index contributed by atoms with van der Waals surface area (Å²) >= 11 is 5.43. The van der Waals surface area contributed by atoms with Gasteiger partial charge in [-0.1, -0.05) is 12.1 Å². The minimum Gasteiger partial charge on any atom is -0.462 e. The molecule has 0 aromatic heterocycles. The van der Waals surface area contributed by atoms with Crippen molar-refractivity contribution in [2.45, 2.75) is 6.92 Å². The molecule has 0 aliphatic heterocycles.